The van der Waals surface area contributed by atoms with Gasteiger partial charge in [-0.05, 0) is 37.1 Å². The number of hydrogen-bond acceptors (Lipinski definition) is 7. The molecule has 0 spiro atoms. The van der Waals surface area contributed by atoms with Crippen molar-refractivity contribution in [2.45, 2.75) is 13.3 Å². The highest BCUT2D eigenvalue weighted by Gasteiger charge is 2.27. The molecule has 0 saturated heterocycles. The lowest BCUT2D eigenvalue weighted by molar-refractivity contribution is -0.121. The zero-order chi connectivity index (χ0) is 23.1. The number of ether oxygens (including phenoxy) is 1. The van der Waals surface area contributed by atoms with Crippen molar-refractivity contribution in [2.75, 3.05) is 18.1 Å². The fourth-order valence-corrected chi connectivity index (χ4v) is 4.66. The van der Waals surface area contributed by atoms with Crippen LogP contribution < -0.4 is 10.5 Å². The Morgan fingerprint density at radius 1 is 1.15 bits per heavy atom. The van der Waals surface area contributed by atoms with Gasteiger partial charge in [0.1, 0.15) is 0 Å². The molecule has 0 aliphatic carbocycles. The summed E-state index contributed by atoms with van der Waals surface area (Å²) >= 11 is 1.60. The van der Waals surface area contributed by atoms with Crippen molar-refractivity contribution in [1.82, 2.24) is 14.8 Å². The smallest absolute Gasteiger partial charge is 0.359 e. The molecule has 33 heavy (non-hydrogen) atoms. The van der Waals surface area contributed by atoms with E-state index in [2.05, 4.69) is 16.1 Å². The summed E-state index contributed by atoms with van der Waals surface area (Å²) in [7, 11) is 1.47. The van der Waals surface area contributed by atoms with Crippen LogP contribution in [0.2, 0.25) is 0 Å². The SMILES string of the molecule is Cc1nc(-c2ccc3c(c2)CCN3C(=O)COC(=O)c2nn(C)c(=O)c3ccccc23)cs1. The molecule has 0 atom stereocenters. The van der Waals surface area contributed by atoms with E-state index in [9.17, 15) is 14.4 Å². The lowest BCUT2D eigenvalue weighted by Gasteiger charge is -2.17. The number of thiazole rings is 1. The summed E-state index contributed by atoms with van der Waals surface area (Å²) in [5, 5.41) is 7.84. The lowest BCUT2D eigenvalue weighted by Crippen LogP contribution is -2.33. The average molecular weight is 461 g/mol. The van der Waals surface area contributed by atoms with E-state index in [1.807, 2.05) is 24.4 Å². The Labute approximate surface area is 193 Å². The molecule has 3 heterocycles. The van der Waals surface area contributed by atoms with Gasteiger partial charge in [-0.3, -0.25) is 9.59 Å². The van der Waals surface area contributed by atoms with Crippen LogP contribution in [-0.4, -0.2) is 39.8 Å². The minimum Gasteiger partial charge on any atom is -0.451 e. The molecule has 1 amide bonds. The summed E-state index contributed by atoms with van der Waals surface area (Å²) in [4.78, 5) is 44.0. The quantitative estimate of drug-likeness (QED) is 0.435. The van der Waals surface area contributed by atoms with Crippen LogP contribution in [-0.2, 0) is 23.0 Å². The van der Waals surface area contributed by atoms with Gasteiger partial charge in [0.15, 0.2) is 12.3 Å². The van der Waals surface area contributed by atoms with Crippen LogP contribution in [0.1, 0.15) is 21.1 Å². The first-order chi connectivity index (χ1) is 15.9. The van der Waals surface area contributed by atoms with Crippen LogP contribution in [0, 0.1) is 6.92 Å². The van der Waals surface area contributed by atoms with Crippen molar-refractivity contribution >= 4 is 39.7 Å². The van der Waals surface area contributed by atoms with Gasteiger partial charge < -0.3 is 9.64 Å². The van der Waals surface area contributed by atoms with E-state index in [0.717, 1.165) is 38.6 Å². The third kappa shape index (κ3) is 3.80. The van der Waals surface area contributed by atoms with E-state index >= 15 is 0 Å². The Morgan fingerprint density at radius 2 is 1.94 bits per heavy atom. The van der Waals surface area contributed by atoms with Gasteiger partial charge in [-0.25, -0.2) is 14.5 Å². The molecule has 0 N–H and O–H groups in total. The molecule has 5 rings (SSSR count). The number of carbonyl (C=O) groups excluding carboxylic acids is 2. The summed E-state index contributed by atoms with van der Waals surface area (Å²) in [6, 6.07) is 12.6. The maximum atomic E-state index is 12.8. The zero-order valence-corrected chi connectivity index (χ0v) is 18.9. The summed E-state index contributed by atoms with van der Waals surface area (Å²) < 4.78 is 6.40. The van der Waals surface area contributed by atoms with E-state index in [1.165, 1.54) is 7.05 Å². The predicted molar refractivity (Wildman–Crippen MR) is 126 cm³/mol. The number of benzene rings is 2. The van der Waals surface area contributed by atoms with Crippen molar-refractivity contribution in [2.24, 2.45) is 7.05 Å². The molecule has 9 heteroatoms. The van der Waals surface area contributed by atoms with Gasteiger partial charge in [0, 0.05) is 35.6 Å². The maximum absolute atomic E-state index is 12.8. The van der Waals surface area contributed by atoms with E-state index in [-0.39, 0.29) is 17.2 Å². The van der Waals surface area contributed by atoms with E-state index in [1.54, 1.807) is 40.5 Å². The zero-order valence-electron chi connectivity index (χ0n) is 18.1. The van der Waals surface area contributed by atoms with Gasteiger partial charge in [0.2, 0.25) is 0 Å². The van der Waals surface area contributed by atoms with Crippen LogP contribution in [0.3, 0.4) is 0 Å². The van der Waals surface area contributed by atoms with Gasteiger partial charge in [0.25, 0.3) is 11.5 Å². The molecule has 166 valence electrons. The molecule has 0 saturated carbocycles. The molecular weight excluding hydrogens is 440 g/mol. The summed E-state index contributed by atoms with van der Waals surface area (Å²) in [5.74, 6) is -1.06. The highest BCUT2D eigenvalue weighted by atomic mass is 32.1. The number of fused-ring (bicyclic) bond motifs is 2. The molecular formula is C24H20N4O4S. The maximum Gasteiger partial charge on any atom is 0.359 e. The summed E-state index contributed by atoms with van der Waals surface area (Å²) in [5.41, 5.74) is 3.52. The molecule has 0 radical (unpaired) electrons. The average Bonchev–Trinajstić information content (AvgIpc) is 3.45. The number of anilines is 1. The number of esters is 1. The first-order valence-electron chi connectivity index (χ1n) is 10.4. The molecule has 0 fully saturated rings. The number of hydrogen-bond donors (Lipinski definition) is 0. The Hall–Kier alpha value is -3.85. The van der Waals surface area contributed by atoms with Crippen LogP contribution >= 0.6 is 11.3 Å². The van der Waals surface area contributed by atoms with Crippen molar-refractivity contribution < 1.29 is 14.3 Å². The van der Waals surface area contributed by atoms with Crippen LogP contribution in [0.5, 0.6) is 0 Å². The molecule has 2 aromatic heterocycles. The number of rotatable bonds is 4. The highest BCUT2D eigenvalue weighted by molar-refractivity contribution is 7.09. The van der Waals surface area contributed by atoms with Crippen molar-refractivity contribution in [3.05, 3.63) is 74.5 Å². The number of aromatic nitrogens is 3. The first kappa shape index (κ1) is 21.0. The molecule has 4 aromatic rings. The van der Waals surface area contributed by atoms with Gasteiger partial charge in [-0.2, -0.15) is 5.10 Å². The largest absolute Gasteiger partial charge is 0.451 e. The van der Waals surface area contributed by atoms with Crippen LogP contribution in [0.25, 0.3) is 22.0 Å². The minimum absolute atomic E-state index is 0.00511. The van der Waals surface area contributed by atoms with Gasteiger partial charge in [-0.15, -0.1) is 11.3 Å². The number of aryl methyl sites for hydroxylation is 2. The highest BCUT2D eigenvalue weighted by Crippen LogP contribution is 2.32. The molecule has 0 unspecified atom stereocenters. The fraction of sp³-hybridized carbons (Fsp3) is 0.208. The van der Waals surface area contributed by atoms with E-state index in [0.29, 0.717) is 17.3 Å². The molecule has 1 aliphatic heterocycles. The van der Waals surface area contributed by atoms with Crippen molar-refractivity contribution in [1.29, 1.82) is 0 Å². The molecule has 2 aromatic carbocycles. The van der Waals surface area contributed by atoms with E-state index < -0.39 is 12.6 Å². The minimum atomic E-state index is -0.746. The second-order valence-electron chi connectivity index (χ2n) is 7.79. The van der Waals surface area contributed by atoms with Crippen LogP contribution in [0.4, 0.5) is 5.69 Å². The number of amides is 1. The Kier molecular flexibility index (Phi) is 5.26. The monoisotopic (exact) mass is 460 g/mol. The van der Waals surface area contributed by atoms with Gasteiger partial charge in [0.05, 0.1) is 16.1 Å². The Balaban J connectivity index is 1.32. The third-order valence-corrected chi connectivity index (χ3v) is 6.44. The van der Waals surface area contributed by atoms with Crippen molar-refractivity contribution in [3.63, 3.8) is 0 Å². The fourth-order valence-electron chi connectivity index (χ4n) is 4.04. The third-order valence-electron chi connectivity index (χ3n) is 5.67. The molecule has 1 aliphatic rings. The Morgan fingerprint density at radius 3 is 2.70 bits per heavy atom. The van der Waals surface area contributed by atoms with Crippen molar-refractivity contribution in [3.8, 4) is 11.3 Å². The van der Waals surface area contributed by atoms with Gasteiger partial charge in [-0.1, -0.05) is 24.3 Å². The molecule has 8 nitrogen and oxygen atoms in total. The lowest BCUT2D eigenvalue weighted by atomic mass is 10.1. The second kappa shape index (κ2) is 8.25. The number of carbonyl (C=O) groups is 2. The second-order valence-corrected chi connectivity index (χ2v) is 8.85. The van der Waals surface area contributed by atoms with Crippen LogP contribution in [0.15, 0.2) is 52.6 Å². The van der Waals surface area contributed by atoms with E-state index in [4.69, 9.17) is 4.74 Å². The predicted octanol–water partition coefficient (Wildman–Crippen LogP) is 3.11. The normalized spacial score (nSPS) is 12.7. The summed E-state index contributed by atoms with van der Waals surface area (Å²) in [6.45, 7) is 2.08. The topological polar surface area (TPSA) is 94.4 Å². The first-order valence-corrected chi connectivity index (χ1v) is 11.3. The standard InChI is InChI=1S/C24H20N4O4S/c1-14-25-19(13-33-14)15-7-8-20-16(11-15)9-10-28(20)21(29)12-32-24(31)22-17-5-3-4-6-18(17)23(30)27(2)26-22/h3-8,11,13H,9-10,12H2,1-2H3. The Bertz CT molecular complexity index is 1470. The number of nitrogens with zero attached hydrogens (tertiary/aromatic N) is 4. The van der Waals surface area contributed by atoms with Gasteiger partial charge >= 0.3 is 5.97 Å². The molecule has 0 bridgehead atoms. The summed E-state index contributed by atoms with van der Waals surface area (Å²) in [6.07, 6.45) is 0.721.